The van der Waals surface area contributed by atoms with Crippen LogP contribution in [0.4, 0.5) is 0 Å². The Hall–Kier alpha value is 1.15. The molecule has 0 aliphatic heterocycles. The van der Waals surface area contributed by atoms with E-state index in [1.54, 1.807) is 6.92 Å². The van der Waals surface area contributed by atoms with Crippen molar-refractivity contribution >= 4 is 18.5 Å². The van der Waals surface area contributed by atoms with Crippen LogP contribution in [0.3, 0.4) is 0 Å². The fraction of sp³-hybridized carbons (Fsp3) is 1.00. The first-order valence-corrected chi connectivity index (χ1v) is 6.07. The van der Waals surface area contributed by atoms with Crippen LogP contribution in [0.5, 0.6) is 0 Å². The molecular formula is C6H13O3PSZn. The molecule has 0 radical (unpaired) electrons. The van der Waals surface area contributed by atoms with E-state index in [9.17, 15) is 9.79 Å². The Labute approximate surface area is 91.5 Å². The zero-order valence-electron chi connectivity index (χ0n) is 7.65. The molecule has 0 bridgehead atoms. The first kappa shape index (κ1) is 15.6. The van der Waals surface area contributed by atoms with E-state index in [1.165, 1.54) is 0 Å². The van der Waals surface area contributed by atoms with E-state index in [-0.39, 0.29) is 25.6 Å². The molecule has 0 spiro atoms. The standard InChI is InChI=1S/C6H15O3PS.Zn/c1-5(2)4-6(3)9-10(7,8)11;/h5-6H,4H2,1-3H3,(H2,7,8,11);/q;+2/p-2. The summed E-state index contributed by atoms with van der Waals surface area (Å²) in [5, 5.41) is 0. The molecule has 0 saturated carbocycles. The summed E-state index contributed by atoms with van der Waals surface area (Å²) in [5.41, 5.74) is 0. The van der Waals surface area contributed by atoms with Crippen LogP contribution in [0.15, 0.2) is 0 Å². The van der Waals surface area contributed by atoms with Crippen molar-refractivity contribution in [3.63, 3.8) is 0 Å². The summed E-state index contributed by atoms with van der Waals surface area (Å²) in [5.74, 6) is 0.423. The maximum Gasteiger partial charge on any atom is 2.00 e. The van der Waals surface area contributed by atoms with Gasteiger partial charge in [-0.3, -0.25) is 0 Å². The van der Waals surface area contributed by atoms with E-state index in [1.807, 2.05) is 13.8 Å². The zero-order valence-corrected chi connectivity index (χ0v) is 12.3. The molecule has 0 heterocycles. The molecule has 0 fully saturated rings. The minimum absolute atomic E-state index is 0. The van der Waals surface area contributed by atoms with Crippen LogP contribution in [-0.2, 0) is 35.8 Å². The Morgan fingerprint density at radius 1 is 1.33 bits per heavy atom. The maximum atomic E-state index is 10.4. The summed E-state index contributed by atoms with van der Waals surface area (Å²) in [6.07, 6.45) is 0.416. The van der Waals surface area contributed by atoms with Crippen LogP contribution in [-0.4, -0.2) is 6.10 Å². The van der Waals surface area contributed by atoms with E-state index < -0.39 is 6.72 Å². The van der Waals surface area contributed by atoms with Gasteiger partial charge in [0, 0.05) is 0 Å². The molecule has 0 N–H and O–H groups in total. The normalized spacial score (nSPS) is 14.2. The summed E-state index contributed by atoms with van der Waals surface area (Å²) in [6.45, 7) is 1.76. The minimum atomic E-state index is -3.94. The third-order valence-corrected chi connectivity index (χ3v) is 1.99. The third-order valence-electron chi connectivity index (χ3n) is 1.11. The van der Waals surface area contributed by atoms with Gasteiger partial charge in [0.1, 0.15) is 0 Å². The van der Waals surface area contributed by atoms with Crippen LogP contribution in [0, 0.1) is 5.92 Å². The first-order valence-electron chi connectivity index (χ1n) is 3.51. The van der Waals surface area contributed by atoms with E-state index in [0.29, 0.717) is 12.3 Å². The van der Waals surface area contributed by atoms with Crippen LogP contribution in [0.1, 0.15) is 27.2 Å². The Balaban J connectivity index is 0. The van der Waals surface area contributed by atoms with Crippen molar-refractivity contribution < 1.29 is 33.8 Å². The van der Waals surface area contributed by atoms with Gasteiger partial charge in [0.2, 0.25) is 0 Å². The van der Waals surface area contributed by atoms with Gasteiger partial charge in [0.05, 0.1) is 6.10 Å². The van der Waals surface area contributed by atoms with Gasteiger partial charge in [-0.05, 0) is 19.3 Å². The molecular weight excluding hydrogens is 248 g/mol. The fourth-order valence-electron chi connectivity index (χ4n) is 0.927. The summed E-state index contributed by atoms with van der Waals surface area (Å²) in [7, 11) is 0. The van der Waals surface area contributed by atoms with Crippen molar-refractivity contribution in [2.24, 2.45) is 5.92 Å². The molecule has 0 aromatic carbocycles. The molecule has 0 aliphatic rings. The van der Waals surface area contributed by atoms with Crippen molar-refractivity contribution in [3.05, 3.63) is 0 Å². The van der Waals surface area contributed by atoms with Crippen molar-refractivity contribution in [1.29, 1.82) is 0 Å². The van der Waals surface area contributed by atoms with Crippen molar-refractivity contribution in [2.75, 3.05) is 0 Å². The number of hydrogen-bond donors (Lipinski definition) is 0. The number of hydrogen-bond acceptors (Lipinski definition) is 4. The third kappa shape index (κ3) is 11.2. The van der Waals surface area contributed by atoms with E-state index >= 15 is 0 Å². The molecule has 1 unspecified atom stereocenters. The van der Waals surface area contributed by atoms with Crippen LogP contribution >= 0.6 is 6.72 Å². The average Bonchev–Trinajstić information content (AvgIpc) is 1.53. The maximum absolute atomic E-state index is 10.4. The second-order valence-corrected chi connectivity index (χ2v) is 5.44. The summed E-state index contributed by atoms with van der Waals surface area (Å²) in [4.78, 5) is 20.9. The van der Waals surface area contributed by atoms with Crippen LogP contribution < -0.4 is 9.79 Å². The van der Waals surface area contributed by atoms with Gasteiger partial charge in [0.25, 0.3) is 0 Å². The van der Waals surface area contributed by atoms with Gasteiger partial charge in [-0.15, -0.1) is 11.8 Å². The topological polar surface area (TPSA) is 55.3 Å². The predicted octanol–water partition coefficient (Wildman–Crippen LogP) is 0.380. The fourth-order valence-corrected chi connectivity index (χ4v) is 1.89. The van der Waals surface area contributed by atoms with Crippen molar-refractivity contribution in [1.82, 2.24) is 0 Å². The Kier molecular flexibility index (Phi) is 8.57. The van der Waals surface area contributed by atoms with Gasteiger partial charge in [-0.25, -0.2) is 0 Å². The molecule has 0 aromatic rings. The largest absolute Gasteiger partial charge is 2.00 e. The van der Waals surface area contributed by atoms with Crippen molar-refractivity contribution in [3.8, 4) is 0 Å². The molecule has 1 atom stereocenters. The summed E-state index contributed by atoms with van der Waals surface area (Å²) in [6, 6.07) is 0. The number of rotatable bonds is 4. The quantitative estimate of drug-likeness (QED) is 0.542. The molecule has 12 heavy (non-hydrogen) atoms. The van der Waals surface area contributed by atoms with Crippen LogP contribution in [0.25, 0.3) is 0 Å². The molecule has 0 aromatic heterocycles. The molecule has 0 amide bonds. The summed E-state index contributed by atoms with van der Waals surface area (Å²) >= 11 is 4.09. The Morgan fingerprint density at radius 2 is 1.75 bits per heavy atom. The summed E-state index contributed by atoms with van der Waals surface area (Å²) < 4.78 is 4.56. The van der Waals surface area contributed by atoms with E-state index in [4.69, 9.17) is 0 Å². The van der Waals surface area contributed by atoms with Gasteiger partial charge in [0.15, 0.2) is 0 Å². The van der Waals surface area contributed by atoms with E-state index in [2.05, 4.69) is 16.3 Å². The van der Waals surface area contributed by atoms with Crippen LogP contribution in [0.2, 0.25) is 0 Å². The zero-order chi connectivity index (χ0) is 9.07. The predicted molar refractivity (Wildman–Crippen MR) is 44.3 cm³/mol. The second-order valence-electron chi connectivity index (χ2n) is 2.99. The van der Waals surface area contributed by atoms with Gasteiger partial charge in [-0.2, -0.15) is 0 Å². The molecule has 0 aliphatic carbocycles. The monoisotopic (exact) mass is 260 g/mol. The van der Waals surface area contributed by atoms with Crippen molar-refractivity contribution in [2.45, 2.75) is 33.3 Å². The SMILES string of the molecule is CC(C)CC(C)OP([O-])([O-])=S.[Zn+2]. The van der Waals surface area contributed by atoms with Gasteiger partial charge in [-0.1, -0.05) is 20.6 Å². The second kappa shape index (κ2) is 6.58. The molecule has 0 rings (SSSR count). The Bertz CT molecular complexity index is 159. The molecule has 3 nitrogen and oxygen atoms in total. The first-order chi connectivity index (χ1) is 4.81. The molecule has 68 valence electrons. The van der Waals surface area contributed by atoms with E-state index in [0.717, 1.165) is 0 Å². The average molecular weight is 262 g/mol. The Morgan fingerprint density at radius 3 is 2.00 bits per heavy atom. The molecule has 0 saturated heterocycles. The minimum Gasteiger partial charge on any atom is -0.812 e. The van der Waals surface area contributed by atoms with Gasteiger partial charge < -0.3 is 14.3 Å². The molecule has 6 heteroatoms. The van der Waals surface area contributed by atoms with Gasteiger partial charge >= 0.3 is 19.5 Å². The smallest absolute Gasteiger partial charge is 0.812 e.